The molecule has 0 N–H and O–H groups in total. The molecule has 0 aromatic rings. The van der Waals surface area contributed by atoms with Crippen LogP contribution in [0, 0.1) is 0 Å². The first-order valence-electron chi connectivity index (χ1n) is 5.08. The van der Waals surface area contributed by atoms with Crippen molar-refractivity contribution in [3.05, 3.63) is 36.0 Å². The van der Waals surface area contributed by atoms with E-state index in [-0.39, 0.29) is 0 Å². The Bertz CT molecular complexity index is 234. The summed E-state index contributed by atoms with van der Waals surface area (Å²) >= 11 is 0. The van der Waals surface area contributed by atoms with E-state index < -0.39 is 0 Å². The predicted octanol–water partition coefficient (Wildman–Crippen LogP) is 3.82. The van der Waals surface area contributed by atoms with E-state index in [0.29, 0.717) is 0 Å². The fourth-order valence-electron chi connectivity index (χ4n) is 1.18. The van der Waals surface area contributed by atoms with E-state index in [4.69, 9.17) is 0 Å². The normalized spacial score (nSPS) is 12.7. The number of aldehydes is 1. The van der Waals surface area contributed by atoms with Gasteiger partial charge < -0.3 is 0 Å². The van der Waals surface area contributed by atoms with Crippen LogP contribution >= 0.6 is 0 Å². The zero-order chi connectivity index (χ0) is 10.8. The third-order valence-electron chi connectivity index (χ3n) is 2.13. The van der Waals surface area contributed by atoms with Crippen molar-refractivity contribution in [3.8, 4) is 0 Å². The molecular formula is C13H20O. The van der Waals surface area contributed by atoms with Crippen LogP contribution in [-0.2, 0) is 4.79 Å². The van der Waals surface area contributed by atoms with Crippen molar-refractivity contribution < 1.29 is 4.79 Å². The topological polar surface area (TPSA) is 17.1 Å². The lowest BCUT2D eigenvalue weighted by molar-refractivity contribution is -0.104. The summed E-state index contributed by atoms with van der Waals surface area (Å²) in [6.45, 7) is 7.82. The lowest BCUT2D eigenvalue weighted by atomic mass is 10.1. The van der Waals surface area contributed by atoms with E-state index in [1.807, 2.05) is 13.0 Å². The third-order valence-corrected chi connectivity index (χ3v) is 2.13. The second kappa shape index (κ2) is 8.49. The Hall–Kier alpha value is -1.11. The van der Waals surface area contributed by atoms with Gasteiger partial charge in [-0.3, -0.25) is 4.79 Å². The monoisotopic (exact) mass is 192 g/mol. The summed E-state index contributed by atoms with van der Waals surface area (Å²) < 4.78 is 0. The van der Waals surface area contributed by atoms with Crippen LogP contribution in [0.3, 0.4) is 0 Å². The van der Waals surface area contributed by atoms with E-state index in [1.54, 1.807) is 6.08 Å². The first-order chi connectivity index (χ1) is 6.70. The molecule has 1 nitrogen and oxygen atoms in total. The molecule has 0 aliphatic rings. The van der Waals surface area contributed by atoms with Gasteiger partial charge in [0, 0.05) is 0 Å². The van der Waals surface area contributed by atoms with Crippen LogP contribution in [0.2, 0.25) is 0 Å². The molecular weight excluding hydrogens is 172 g/mol. The van der Waals surface area contributed by atoms with E-state index in [2.05, 4.69) is 19.6 Å². The molecule has 0 heterocycles. The van der Waals surface area contributed by atoms with Crippen molar-refractivity contribution in [1.29, 1.82) is 0 Å². The predicted molar refractivity (Wildman–Crippen MR) is 62.2 cm³/mol. The van der Waals surface area contributed by atoms with Crippen molar-refractivity contribution in [2.75, 3.05) is 0 Å². The Kier molecular flexibility index (Phi) is 7.81. The summed E-state index contributed by atoms with van der Waals surface area (Å²) in [5.41, 5.74) is 2.55. The largest absolute Gasteiger partial charge is 0.299 e. The zero-order valence-corrected chi connectivity index (χ0v) is 9.25. The van der Waals surface area contributed by atoms with Crippen LogP contribution in [0.25, 0.3) is 0 Å². The van der Waals surface area contributed by atoms with Crippen LogP contribution < -0.4 is 0 Å². The fourth-order valence-corrected chi connectivity index (χ4v) is 1.18. The van der Waals surface area contributed by atoms with Gasteiger partial charge in [0.1, 0.15) is 6.29 Å². The summed E-state index contributed by atoms with van der Waals surface area (Å²) in [6.07, 6.45) is 10.8. The number of rotatable bonds is 7. The van der Waals surface area contributed by atoms with Gasteiger partial charge in [-0.05, 0) is 45.6 Å². The lowest BCUT2D eigenvalue weighted by Gasteiger charge is -1.99. The van der Waals surface area contributed by atoms with E-state index in [1.165, 1.54) is 5.57 Å². The van der Waals surface area contributed by atoms with E-state index >= 15 is 0 Å². The van der Waals surface area contributed by atoms with Crippen molar-refractivity contribution in [2.24, 2.45) is 0 Å². The number of hydrogen-bond donors (Lipinski definition) is 0. The summed E-state index contributed by atoms with van der Waals surface area (Å²) in [4.78, 5) is 10.2. The highest BCUT2D eigenvalue weighted by molar-refractivity contribution is 5.65. The van der Waals surface area contributed by atoms with Gasteiger partial charge in [0.05, 0.1) is 0 Å². The standard InChI is InChI=1S/C13H20O/c1-4-5-7-12(2)8-6-9-13(3)10-11-14/h4,8,10-11H,1,5-7,9H2,2-3H3/b12-8?,13-10+. The Morgan fingerprint density at radius 3 is 2.36 bits per heavy atom. The highest BCUT2D eigenvalue weighted by atomic mass is 16.1. The van der Waals surface area contributed by atoms with Crippen molar-refractivity contribution in [1.82, 2.24) is 0 Å². The zero-order valence-electron chi connectivity index (χ0n) is 9.25. The average Bonchev–Trinajstić information content (AvgIpc) is 2.15. The molecule has 0 atom stereocenters. The van der Waals surface area contributed by atoms with Gasteiger partial charge in [-0.25, -0.2) is 0 Å². The SMILES string of the molecule is C=CCCC(C)=CCC/C(C)=C/C=O. The van der Waals surface area contributed by atoms with Crippen LogP contribution in [0.1, 0.15) is 39.5 Å². The van der Waals surface area contributed by atoms with Crippen LogP contribution in [0.4, 0.5) is 0 Å². The van der Waals surface area contributed by atoms with Crippen LogP contribution in [0.5, 0.6) is 0 Å². The van der Waals surface area contributed by atoms with Gasteiger partial charge >= 0.3 is 0 Å². The van der Waals surface area contributed by atoms with Gasteiger partial charge in [-0.2, -0.15) is 0 Å². The van der Waals surface area contributed by atoms with Crippen LogP contribution in [0.15, 0.2) is 36.0 Å². The van der Waals surface area contributed by atoms with Crippen LogP contribution in [-0.4, -0.2) is 6.29 Å². The fraction of sp³-hybridized carbons (Fsp3) is 0.462. The van der Waals surface area contributed by atoms with Crippen molar-refractivity contribution >= 4 is 6.29 Å². The quantitative estimate of drug-likeness (QED) is 0.340. The Morgan fingerprint density at radius 2 is 1.79 bits per heavy atom. The minimum Gasteiger partial charge on any atom is -0.299 e. The number of carbonyl (C=O) groups excluding carboxylic acids is 1. The molecule has 0 bridgehead atoms. The summed E-state index contributed by atoms with van der Waals surface area (Å²) in [5.74, 6) is 0. The average molecular weight is 192 g/mol. The molecule has 0 spiro atoms. The summed E-state index contributed by atoms with van der Waals surface area (Å²) in [7, 11) is 0. The molecule has 0 aromatic heterocycles. The molecule has 0 aromatic carbocycles. The van der Waals surface area contributed by atoms with Gasteiger partial charge in [0.25, 0.3) is 0 Å². The third kappa shape index (κ3) is 7.53. The lowest BCUT2D eigenvalue weighted by Crippen LogP contribution is -1.80. The molecule has 0 aliphatic heterocycles. The molecule has 0 fully saturated rings. The first-order valence-corrected chi connectivity index (χ1v) is 5.08. The summed E-state index contributed by atoms with van der Waals surface area (Å²) in [5, 5.41) is 0. The Labute approximate surface area is 87.2 Å². The molecule has 0 aliphatic carbocycles. The minimum atomic E-state index is 0.851. The maximum Gasteiger partial charge on any atom is 0.142 e. The highest BCUT2D eigenvalue weighted by Crippen LogP contribution is 2.09. The summed E-state index contributed by atoms with van der Waals surface area (Å²) in [6, 6.07) is 0. The van der Waals surface area contributed by atoms with Crippen molar-refractivity contribution in [3.63, 3.8) is 0 Å². The van der Waals surface area contributed by atoms with Gasteiger partial charge in [-0.1, -0.05) is 23.3 Å². The van der Waals surface area contributed by atoms with Gasteiger partial charge in [0.2, 0.25) is 0 Å². The Morgan fingerprint density at radius 1 is 1.14 bits per heavy atom. The van der Waals surface area contributed by atoms with Gasteiger partial charge in [-0.15, -0.1) is 6.58 Å². The second-order valence-electron chi connectivity index (χ2n) is 3.57. The minimum absolute atomic E-state index is 0.851. The van der Waals surface area contributed by atoms with E-state index in [9.17, 15) is 4.79 Å². The molecule has 0 radical (unpaired) electrons. The molecule has 0 saturated carbocycles. The molecule has 0 rings (SSSR count). The molecule has 0 amide bonds. The first kappa shape index (κ1) is 12.9. The molecule has 78 valence electrons. The van der Waals surface area contributed by atoms with Crippen molar-refractivity contribution in [2.45, 2.75) is 39.5 Å². The molecule has 0 unspecified atom stereocenters. The molecule has 14 heavy (non-hydrogen) atoms. The Balaban J connectivity index is 3.74. The second-order valence-corrected chi connectivity index (χ2v) is 3.57. The highest BCUT2D eigenvalue weighted by Gasteiger charge is 1.90. The molecule has 0 saturated heterocycles. The molecule has 1 heteroatoms. The number of allylic oxidation sites excluding steroid dienone is 5. The number of hydrogen-bond acceptors (Lipinski definition) is 1. The van der Waals surface area contributed by atoms with Gasteiger partial charge in [0.15, 0.2) is 0 Å². The maximum atomic E-state index is 10.2. The number of carbonyl (C=O) groups is 1. The van der Waals surface area contributed by atoms with E-state index in [0.717, 1.165) is 37.5 Å². The maximum absolute atomic E-state index is 10.2. The smallest absolute Gasteiger partial charge is 0.142 e.